The molecule has 5 heteroatoms. The van der Waals surface area contributed by atoms with Crippen LogP contribution in [0.4, 0.5) is 0 Å². The molecule has 3 nitrogen and oxygen atoms in total. The van der Waals surface area contributed by atoms with Crippen molar-refractivity contribution in [2.45, 2.75) is 46.0 Å². The molecule has 1 saturated heterocycles. The Balaban J connectivity index is 1.87. The predicted octanol–water partition coefficient (Wildman–Crippen LogP) is 6.22. The summed E-state index contributed by atoms with van der Waals surface area (Å²) in [5.41, 5.74) is 3.53. The molecule has 1 heterocycles. The summed E-state index contributed by atoms with van der Waals surface area (Å²) in [5, 5.41) is 2.64. The Morgan fingerprint density at radius 3 is 2.61 bits per heavy atom. The second-order valence-corrected chi connectivity index (χ2v) is 9.57. The third-order valence-corrected chi connectivity index (χ3v) is 5.63. The molecule has 0 saturated carbocycles. The third-order valence-electron chi connectivity index (χ3n) is 4.47. The number of benzene rings is 2. The molecule has 0 aliphatic carbocycles. The molecule has 1 N–H and O–H groups in total. The number of hydrogen-bond donors (Lipinski definition) is 1. The topological polar surface area (TPSA) is 38.3 Å². The molecule has 3 rings (SSSR count). The number of aryl methyl sites for hydroxylation is 1. The van der Waals surface area contributed by atoms with Crippen molar-refractivity contribution in [1.82, 2.24) is 5.32 Å². The van der Waals surface area contributed by atoms with Crippen LogP contribution in [-0.4, -0.2) is 10.2 Å². The third kappa shape index (κ3) is 5.03. The predicted molar refractivity (Wildman–Crippen MR) is 122 cm³/mol. The van der Waals surface area contributed by atoms with Crippen LogP contribution in [0.3, 0.4) is 0 Å². The van der Waals surface area contributed by atoms with Gasteiger partial charge in [0.25, 0.3) is 5.91 Å². The van der Waals surface area contributed by atoms with E-state index in [0.717, 1.165) is 29.9 Å². The molecule has 2 aromatic carbocycles. The van der Waals surface area contributed by atoms with Gasteiger partial charge in [-0.25, -0.2) is 0 Å². The molecule has 0 spiro atoms. The van der Waals surface area contributed by atoms with E-state index in [1.807, 2.05) is 30.3 Å². The standard InChI is InChI=1S/C23H25NO2S2/c1-5-7-16-14-17(23(2,3)4)10-11-19(16)26-18-9-6-8-15(12-18)13-20-21(25)24-22(27)28-20/h6,8-14H,5,7H2,1-4H3,(H,24,25,27). The lowest BCUT2D eigenvalue weighted by Gasteiger charge is -2.21. The van der Waals surface area contributed by atoms with Gasteiger partial charge in [0.15, 0.2) is 0 Å². The molecule has 0 atom stereocenters. The zero-order chi connectivity index (χ0) is 20.3. The highest BCUT2D eigenvalue weighted by Gasteiger charge is 2.22. The summed E-state index contributed by atoms with van der Waals surface area (Å²) < 4.78 is 6.71. The minimum Gasteiger partial charge on any atom is -0.457 e. The number of amides is 1. The van der Waals surface area contributed by atoms with Gasteiger partial charge < -0.3 is 10.1 Å². The lowest BCUT2D eigenvalue weighted by Crippen LogP contribution is -2.17. The molecule has 1 aliphatic rings. The van der Waals surface area contributed by atoms with Crippen LogP contribution in [0.25, 0.3) is 6.08 Å². The van der Waals surface area contributed by atoms with Gasteiger partial charge in [0.05, 0.1) is 4.91 Å². The number of thioether (sulfide) groups is 1. The summed E-state index contributed by atoms with van der Waals surface area (Å²) in [4.78, 5) is 12.5. The van der Waals surface area contributed by atoms with E-state index in [1.165, 1.54) is 22.9 Å². The Bertz CT molecular complexity index is 942. The van der Waals surface area contributed by atoms with E-state index < -0.39 is 0 Å². The van der Waals surface area contributed by atoms with Crippen LogP contribution in [0, 0.1) is 0 Å². The SMILES string of the molecule is CCCc1cc(C(C)(C)C)ccc1Oc1cccc(C=C2SC(=S)NC2=O)c1. The van der Waals surface area contributed by atoms with E-state index >= 15 is 0 Å². The second-order valence-electron chi connectivity index (χ2n) is 7.85. The molecule has 0 unspecified atom stereocenters. The maximum Gasteiger partial charge on any atom is 0.263 e. The molecule has 1 amide bonds. The van der Waals surface area contributed by atoms with Gasteiger partial charge in [-0.05, 0) is 52.8 Å². The van der Waals surface area contributed by atoms with Crippen molar-refractivity contribution in [2.75, 3.05) is 0 Å². The number of hydrogen-bond acceptors (Lipinski definition) is 4. The van der Waals surface area contributed by atoms with Gasteiger partial charge in [-0.3, -0.25) is 4.79 Å². The zero-order valence-corrected chi connectivity index (χ0v) is 18.3. The van der Waals surface area contributed by atoms with E-state index in [9.17, 15) is 4.79 Å². The fourth-order valence-electron chi connectivity index (χ4n) is 2.98. The van der Waals surface area contributed by atoms with Crippen molar-refractivity contribution >= 4 is 40.3 Å². The fraction of sp³-hybridized carbons (Fsp3) is 0.304. The first kappa shape index (κ1) is 20.6. The van der Waals surface area contributed by atoms with E-state index in [4.69, 9.17) is 17.0 Å². The molecular weight excluding hydrogens is 386 g/mol. The molecule has 1 aliphatic heterocycles. The van der Waals surface area contributed by atoms with Crippen molar-refractivity contribution in [3.8, 4) is 11.5 Å². The summed E-state index contributed by atoms with van der Waals surface area (Å²) in [6.45, 7) is 8.84. The molecule has 2 aromatic rings. The lowest BCUT2D eigenvalue weighted by molar-refractivity contribution is -0.115. The van der Waals surface area contributed by atoms with Crippen molar-refractivity contribution in [3.63, 3.8) is 0 Å². The van der Waals surface area contributed by atoms with Crippen LogP contribution in [0.1, 0.15) is 50.8 Å². The molecule has 1 fully saturated rings. The zero-order valence-electron chi connectivity index (χ0n) is 16.7. The van der Waals surface area contributed by atoms with Gasteiger partial charge in [0.2, 0.25) is 0 Å². The highest BCUT2D eigenvalue weighted by Crippen LogP contribution is 2.33. The van der Waals surface area contributed by atoms with E-state index in [2.05, 4.69) is 51.2 Å². The molecule has 0 radical (unpaired) electrons. The van der Waals surface area contributed by atoms with Gasteiger partial charge in [0, 0.05) is 0 Å². The number of carbonyl (C=O) groups is 1. The molecule has 0 aromatic heterocycles. The summed E-state index contributed by atoms with van der Waals surface area (Å²) in [6.07, 6.45) is 3.86. The first-order valence-corrected chi connectivity index (χ1v) is 10.6. The minimum absolute atomic E-state index is 0.104. The fourth-order valence-corrected chi connectivity index (χ4v) is 4.02. The maximum absolute atomic E-state index is 11.9. The molecular formula is C23H25NO2S2. The van der Waals surface area contributed by atoms with Crippen LogP contribution in [0.2, 0.25) is 0 Å². The second kappa shape index (κ2) is 8.50. The number of carbonyl (C=O) groups excluding carboxylic acids is 1. The van der Waals surface area contributed by atoms with Crippen LogP contribution >= 0.6 is 24.0 Å². The summed E-state index contributed by atoms with van der Waals surface area (Å²) in [5.74, 6) is 1.49. The molecule has 146 valence electrons. The highest BCUT2D eigenvalue weighted by atomic mass is 32.2. The lowest BCUT2D eigenvalue weighted by atomic mass is 9.85. The normalized spacial score (nSPS) is 15.8. The van der Waals surface area contributed by atoms with Gasteiger partial charge in [0.1, 0.15) is 15.8 Å². The molecule has 28 heavy (non-hydrogen) atoms. The van der Waals surface area contributed by atoms with Crippen LogP contribution in [0.5, 0.6) is 11.5 Å². The monoisotopic (exact) mass is 411 g/mol. The van der Waals surface area contributed by atoms with Gasteiger partial charge in [-0.15, -0.1) is 0 Å². The Hall–Kier alpha value is -2.11. The maximum atomic E-state index is 11.9. The van der Waals surface area contributed by atoms with E-state index in [1.54, 1.807) is 0 Å². The van der Waals surface area contributed by atoms with Crippen molar-refractivity contribution < 1.29 is 9.53 Å². The Morgan fingerprint density at radius 1 is 1.18 bits per heavy atom. The van der Waals surface area contributed by atoms with Gasteiger partial charge in [-0.2, -0.15) is 0 Å². The summed E-state index contributed by atoms with van der Waals surface area (Å²) >= 11 is 6.33. The van der Waals surface area contributed by atoms with Gasteiger partial charge >= 0.3 is 0 Å². The smallest absolute Gasteiger partial charge is 0.263 e. The number of nitrogens with one attached hydrogen (secondary N) is 1. The number of thiocarbonyl (C=S) groups is 1. The first-order valence-electron chi connectivity index (χ1n) is 9.42. The van der Waals surface area contributed by atoms with Gasteiger partial charge in [-0.1, -0.05) is 82.4 Å². The average Bonchev–Trinajstić information content (AvgIpc) is 2.93. The Kier molecular flexibility index (Phi) is 6.26. The van der Waals surface area contributed by atoms with Crippen LogP contribution in [-0.2, 0) is 16.6 Å². The number of rotatable bonds is 5. The quantitative estimate of drug-likeness (QED) is 0.468. The van der Waals surface area contributed by atoms with E-state index in [0.29, 0.717) is 9.23 Å². The van der Waals surface area contributed by atoms with Crippen molar-refractivity contribution in [3.05, 3.63) is 64.1 Å². The Labute approximate surface area is 176 Å². The van der Waals surface area contributed by atoms with Crippen LogP contribution < -0.4 is 10.1 Å². The van der Waals surface area contributed by atoms with Crippen LogP contribution in [0.15, 0.2) is 47.4 Å². The number of ether oxygens (including phenoxy) is 1. The van der Waals surface area contributed by atoms with Crippen molar-refractivity contribution in [2.24, 2.45) is 0 Å². The Morgan fingerprint density at radius 2 is 1.96 bits per heavy atom. The molecule has 0 bridgehead atoms. The first-order chi connectivity index (χ1) is 13.3. The summed E-state index contributed by atoms with van der Waals surface area (Å²) in [7, 11) is 0. The summed E-state index contributed by atoms with van der Waals surface area (Å²) in [6, 6.07) is 14.2. The average molecular weight is 412 g/mol. The largest absolute Gasteiger partial charge is 0.457 e. The minimum atomic E-state index is -0.149. The van der Waals surface area contributed by atoms with E-state index in [-0.39, 0.29) is 11.3 Å². The van der Waals surface area contributed by atoms with Crippen molar-refractivity contribution in [1.29, 1.82) is 0 Å². The highest BCUT2D eigenvalue weighted by molar-refractivity contribution is 8.26.